The number of carbonyl (C=O) groups is 1. The molecule has 0 bridgehead atoms. The molecule has 100 valence electrons. The molecule has 2 aliphatic carbocycles. The normalized spacial score (nSPS) is 35.4. The topological polar surface area (TPSA) is 57.5 Å². The van der Waals surface area contributed by atoms with E-state index in [2.05, 4.69) is 18.8 Å². The molecule has 2 N–H and O–H groups in total. The van der Waals surface area contributed by atoms with E-state index in [0.717, 1.165) is 19.3 Å². The zero-order chi connectivity index (χ0) is 13.1. The van der Waals surface area contributed by atoms with Crippen LogP contribution in [0.3, 0.4) is 0 Å². The average Bonchev–Trinajstić information content (AvgIpc) is 2.59. The van der Waals surface area contributed by atoms with Crippen LogP contribution in [0.25, 0.3) is 0 Å². The minimum atomic E-state index is -0.585. The Kier molecular flexibility index (Phi) is 4.42. The zero-order valence-electron chi connectivity index (χ0n) is 10.9. The Morgan fingerprint density at radius 1 is 1.44 bits per heavy atom. The molecule has 0 aliphatic heterocycles. The standard InChI is InChI=1S/C15H22O3/c1-2-3-4-5-11(16)7-6-10-8-12-13(15(10)18)9-14(12)17/h10-13,15-16,18H,2-5,8-9H2,1H3. The fraction of sp³-hybridized carbons (Fsp3) is 0.800. The third kappa shape index (κ3) is 2.76. The molecule has 0 spiro atoms. The number of hydrogen-bond donors (Lipinski definition) is 2. The lowest BCUT2D eigenvalue weighted by Crippen LogP contribution is -2.38. The molecule has 0 aromatic carbocycles. The Labute approximate surface area is 109 Å². The van der Waals surface area contributed by atoms with Crippen LogP contribution in [-0.4, -0.2) is 28.2 Å². The van der Waals surface area contributed by atoms with E-state index in [0.29, 0.717) is 19.3 Å². The average molecular weight is 250 g/mol. The summed E-state index contributed by atoms with van der Waals surface area (Å²) in [6.45, 7) is 2.12. The predicted molar refractivity (Wildman–Crippen MR) is 68.6 cm³/mol. The van der Waals surface area contributed by atoms with E-state index in [1.807, 2.05) is 0 Å². The van der Waals surface area contributed by atoms with Crippen LogP contribution in [-0.2, 0) is 4.79 Å². The van der Waals surface area contributed by atoms with Crippen molar-refractivity contribution in [3.05, 3.63) is 0 Å². The highest BCUT2D eigenvalue weighted by atomic mass is 16.3. The van der Waals surface area contributed by atoms with Gasteiger partial charge in [0.1, 0.15) is 11.9 Å². The van der Waals surface area contributed by atoms with Crippen molar-refractivity contribution in [2.45, 2.75) is 57.7 Å². The van der Waals surface area contributed by atoms with Gasteiger partial charge in [-0.3, -0.25) is 4.79 Å². The smallest absolute Gasteiger partial charge is 0.136 e. The molecule has 5 unspecified atom stereocenters. The van der Waals surface area contributed by atoms with Crippen molar-refractivity contribution in [2.24, 2.45) is 17.8 Å². The molecule has 2 aliphatic rings. The SMILES string of the molecule is CCCCCC(O)C#CC1CC2C(=O)CC2C1O. The van der Waals surface area contributed by atoms with Crippen LogP contribution in [0.4, 0.5) is 0 Å². The van der Waals surface area contributed by atoms with Crippen molar-refractivity contribution in [3.63, 3.8) is 0 Å². The number of ketones is 1. The number of unbranched alkanes of at least 4 members (excludes halogenated alkanes) is 2. The van der Waals surface area contributed by atoms with Gasteiger partial charge >= 0.3 is 0 Å². The third-order valence-corrected chi connectivity index (χ3v) is 4.24. The summed E-state index contributed by atoms with van der Waals surface area (Å²) in [6, 6.07) is 0. The van der Waals surface area contributed by atoms with Crippen LogP contribution in [0.1, 0.15) is 45.4 Å². The van der Waals surface area contributed by atoms with Gasteiger partial charge in [-0.15, -0.1) is 0 Å². The van der Waals surface area contributed by atoms with Gasteiger partial charge in [-0.25, -0.2) is 0 Å². The lowest BCUT2D eigenvalue weighted by molar-refractivity contribution is -0.135. The van der Waals surface area contributed by atoms with Crippen LogP contribution >= 0.6 is 0 Å². The minimum Gasteiger partial charge on any atom is -0.392 e. The maximum absolute atomic E-state index is 11.3. The largest absolute Gasteiger partial charge is 0.392 e. The molecule has 0 aromatic heterocycles. The van der Waals surface area contributed by atoms with E-state index in [1.165, 1.54) is 0 Å². The highest BCUT2D eigenvalue weighted by Gasteiger charge is 2.52. The number of aliphatic hydroxyl groups is 2. The molecule has 0 saturated heterocycles. The molecule has 2 rings (SSSR count). The number of Topliss-reactive ketones (excluding diaryl/α,β-unsaturated/α-hetero) is 1. The third-order valence-electron chi connectivity index (χ3n) is 4.24. The van der Waals surface area contributed by atoms with Crippen LogP contribution < -0.4 is 0 Å². The van der Waals surface area contributed by atoms with Gasteiger partial charge < -0.3 is 10.2 Å². The van der Waals surface area contributed by atoms with E-state index in [9.17, 15) is 15.0 Å². The second-order valence-electron chi connectivity index (χ2n) is 5.57. The molecule has 0 heterocycles. The predicted octanol–water partition coefficient (Wildman–Crippen LogP) is 1.52. The number of carbonyl (C=O) groups excluding carboxylic acids is 1. The first-order valence-corrected chi connectivity index (χ1v) is 7.03. The maximum atomic E-state index is 11.3. The molecule has 3 heteroatoms. The molecule has 5 atom stereocenters. The number of hydrogen-bond acceptors (Lipinski definition) is 3. The minimum absolute atomic E-state index is 0.0385. The van der Waals surface area contributed by atoms with Crippen LogP contribution in [0.15, 0.2) is 0 Å². The van der Waals surface area contributed by atoms with Crippen LogP contribution in [0.5, 0.6) is 0 Å². The summed E-state index contributed by atoms with van der Waals surface area (Å²) in [5, 5.41) is 19.7. The van der Waals surface area contributed by atoms with Gasteiger partial charge in [0.25, 0.3) is 0 Å². The molecule has 18 heavy (non-hydrogen) atoms. The second-order valence-corrected chi connectivity index (χ2v) is 5.57. The lowest BCUT2D eigenvalue weighted by Gasteiger charge is -2.29. The summed E-state index contributed by atoms with van der Waals surface area (Å²) >= 11 is 0. The molecule has 2 fully saturated rings. The van der Waals surface area contributed by atoms with Gasteiger partial charge in [0.05, 0.1) is 6.10 Å². The van der Waals surface area contributed by atoms with Crippen molar-refractivity contribution >= 4 is 5.78 Å². The van der Waals surface area contributed by atoms with Gasteiger partial charge in [-0.2, -0.15) is 0 Å². The van der Waals surface area contributed by atoms with E-state index in [4.69, 9.17) is 0 Å². The quantitative estimate of drug-likeness (QED) is 0.587. The van der Waals surface area contributed by atoms with Crippen molar-refractivity contribution in [3.8, 4) is 11.8 Å². The summed E-state index contributed by atoms with van der Waals surface area (Å²) in [7, 11) is 0. The van der Waals surface area contributed by atoms with Crippen LogP contribution in [0.2, 0.25) is 0 Å². The number of rotatable bonds is 4. The van der Waals surface area contributed by atoms with Crippen molar-refractivity contribution < 1.29 is 15.0 Å². The van der Waals surface area contributed by atoms with E-state index < -0.39 is 12.2 Å². The summed E-state index contributed by atoms with van der Waals surface area (Å²) < 4.78 is 0. The van der Waals surface area contributed by atoms with E-state index in [-0.39, 0.29) is 23.5 Å². The fourth-order valence-corrected chi connectivity index (χ4v) is 2.99. The highest BCUT2D eigenvalue weighted by molar-refractivity contribution is 5.88. The first-order valence-electron chi connectivity index (χ1n) is 7.03. The monoisotopic (exact) mass is 250 g/mol. The van der Waals surface area contributed by atoms with Gasteiger partial charge in [-0.1, -0.05) is 31.6 Å². The Morgan fingerprint density at radius 2 is 2.22 bits per heavy atom. The van der Waals surface area contributed by atoms with Crippen molar-refractivity contribution in [1.82, 2.24) is 0 Å². The number of fused-ring (bicyclic) bond motifs is 1. The molecule has 3 nitrogen and oxygen atoms in total. The summed E-state index contributed by atoms with van der Waals surface area (Å²) in [6.07, 6.45) is 4.08. The Hall–Kier alpha value is -0.850. The highest BCUT2D eigenvalue weighted by Crippen LogP contribution is 2.47. The van der Waals surface area contributed by atoms with Crippen molar-refractivity contribution in [2.75, 3.05) is 0 Å². The van der Waals surface area contributed by atoms with Gasteiger partial charge in [0.2, 0.25) is 0 Å². The first kappa shape index (κ1) is 13.6. The summed E-state index contributed by atoms with van der Waals surface area (Å²) in [5.41, 5.74) is 0. The maximum Gasteiger partial charge on any atom is 0.136 e. The molecule has 2 saturated carbocycles. The zero-order valence-corrected chi connectivity index (χ0v) is 10.9. The molecule has 0 radical (unpaired) electrons. The summed E-state index contributed by atoms with van der Waals surface area (Å²) in [5.74, 6) is 6.13. The number of aliphatic hydroxyl groups excluding tert-OH is 2. The van der Waals surface area contributed by atoms with E-state index >= 15 is 0 Å². The summed E-state index contributed by atoms with van der Waals surface area (Å²) in [4.78, 5) is 11.3. The van der Waals surface area contributed by atoms with Crippen LogP contribution in [0, 0.1) is 29.6 Å². The Bertz CT molecular complexity index is 366. The molecule has 0 amide bonds. The Balaban J connectivity index is 1.81. The molecular formula is C15H22O3. The molecule has 0 aromatic rings. The first-order chi connectivity index (χ1) is 8.63. The van der Waals surface area contributed by atoms with Gasteiger partial charge in [0, 0.05) is 24.2 Å². The fourth-order valence-electron chi connectivity index (χ4n) is 2.99. The van der Waals surface area contributed by atoms with Gasteiger partial charge in [-0.05, 0) is 19.3 Å². The van der Waals surface area contributed by atoms with Gasteiger partial charge in [0.15, 0.2) is 0 Å². The van der Waals surface area contributed by atoms with E-state index in [1.54, 1.807) is 0 Å². The molecular weight excluding hydrogens is 228 g/mol. The van der Waals surface area contributed by atoms with Crippen molar-refractivity contribution in [1.29, 1.82) is 0 Å². The Morgan fingerprint density at radius 3 is 2.83 bits per heavy atom. The lowest BCUT2D eigenvalue weighted by atomic mass is 9.74. The second kappa shape index (κ2) is 5.86.